The Morgan fingerprint density at radius 3 is 2.69 bits per heavy atom. The highest BCUT2D eigenvalue weighted by molar-refractivity contribution is 7.12. The highest BCUT2D eigenvalue weighted by atomic mass is 32.1. The highest BCUT2D eigenvalue weighted by Crippen LogP contribution is 2.23. The summed E-state index contributed by atoms with van der Waals surface area (Å²) in [4.78, 5) is 5.20. The van der Waals surface area contributed by atoms with Gasteiger partial charge in [0.15, 0.2) is 0 Å². The quantitative estimate of drug-likeness (QED) is 0.877. The van der Waals surface area contributed by atoms with E-state index in [1.165, 1.54) is 35.7 Å². The van der Waals surface area contributed by atoms with E-state index >= 15 is 0 Å². The lowest BCUT2D eigenvalue weighted by atomic mass is 9.99. The highest BCUT2D eigenvalue weighted by Gasteiger charge is 2.18. The molecule has 1 fully saturated rings. The zero-order chi connectivity index (χ0) is 11.5. The molecule has 3 heteroatoms. The summed E-state index contributed by atoms with van der Waals surface area (Å²) in [5.74, 6) is 0.899. The van der Waals surface area contributed by atoms with Gasteiger partial charge in [-0.2, -0.15) is 0 Å². The molecule has 0 amide bonds. The zero-order valence-electron chi connectivity index (χ0n) is 10.3. The number of aryl methyl sites for hydroxylation is 1. The van der Waals surface area contributed by atoms with Crippen LogP contribution in [0, 0.1) is 12.8 Å². The lowest BCUT2D eigenvalue weighted by molar-refractivity contribution is 0.183. The van der Waals surface area contributed by atoms with Crippen LogP contribution in [0.3, 0.4) is 0 Å². The molecule has 2 rings (SSSR count). The van der Waals surface area contributed by atoms with Gasteiger partial charge >= 0.3 is 0 Å². The van der Waals surface area contributed by atoms with Gasteiger partial charge in [0.25, 0.3) is 0 Å². The van der Waals surface area contributed by atoms with E-state index in [2.05, 4.69) is 30.9 Å². The zero-order valence-corrected chi connectivity index (χ0v) is 11.1. The van der Waals surface area contributed by atoms with Crippen LogP contribution in [-0.4, -0.2) is 24.5 Å². The Bertz CT molecular complexity index is 326. The predicted molar refractivity (Wildman–Crippen MR) is 70.8 cm³/mol. The second-order valence-corrected chi connectivity index (χ2v) is 6.36. The number of nitrogens with two attached hydrogens (primary N) is 1. The van der Waals surface area contributed by atoms with Gasteiger partial charge in [0.1, 0.15) is 0 Å². The molecule has 0 saturated carbocycles. The molecule has 0 bridgehead atoms. The van der Waals surface area contributed by atoms with E-state index in [0.717, 1.165) is 12.5 Å². The number of piperidine rings is 1. The van der Waals surface area contributed by atoms with Crippen molar-refractivity contribution in [2.24, 2.45) is 11.7 Å². The smallest absolute Gasteiger partial charge is 0.0519 e. The monoisotopic (exact) mass is 238 g/mol. The summed E-state index contributed by atoms with van der Waals surface area (Å²) in [5, 5.41) is 0. The van der Waals surface area contributed by atoms with Crippen molar-refractivity contribution in [2.75, 3.05) is 19.6 Å². The average Bonchev–Trinajstić information content (AvgIpc) is 2.68. The van der Waals surface area contributed by atoms with Gasteiger partial charge < -0.3 is 10.6 Å². The number of nitrogens with zero attached hydrogens (tertiary/aromatic N) is 1. The molecular weight excluding hydrogens is 216 g/mol. The molecule has 90 valence electrons. The Kier molecular flexibility index (Phi) is 4.00. The van der Waals surface area contributed by atoms with E-state index in [1.54, 1.807) is 0 Å². The molecule has 2 heterocycles. The molecule has 1 atom stereocenters. The summed E-state index contributed by atoms with van der Waals surface area (Å²) in [6, 6.07) is 4.54. The molecule has 2 nitrogen and oxygen atoms in total. The largest absolute Gasteiger partial charge is 0.322 e. The van der Waals surface area contributed by atoms with Gasteiger partial charge in [0.05, 0.1) is 6.04 Å². The van der Waals surface area contributed by atoms with Crippen molar-refractivity contribution < 1.29 is 0 Å². The number of likely N-dealkylation sites (tertiary alicyclic amines) is 1. The minimum Gasteiger partial charge on any atom is -0.322 e. The number of hydrogen-bond acceptors (Lipinski definition) is 3. The standard InChI is InChI=1S/C13H22N2S/c1-10-5-7-15(8-6-10)9-12(14)13-4-3-11(2)16-13/h3-4,10,12H,5-9,14H2,1-2H3. The number of rotatable bonds is 3. The Labute approximate surface area is 102 Å². The molecule has 1 aromatic rings. The second kappa shape index (κ2) is 5.30. The predicted octanol–water partition coefficient (Wildman–Crippen LogP) is 2.79. The van der Waals surface area contributed by atoms with Crippen LogP contribution in [0.25, 0.3) is 0 Å². The van der Waals surface area contributed by atoms with E-state index in [9.17, 15) is 0 Å². The third-order valence-corrected chi connectivity index (χ3v) is 4.59. The Morgan fingerprint density at radius 2 is 2.12 bits per heavy atom. The van der Waals surface area contributed by atoms with Crippen molar-refractivity contribution in [1.82, 2.24) is 4.90 Å². The van der Waals surface area contributed by atoms with Gasteiger partial charge in [0.2, 0.25) is 0 Å². The third kappa shape index (κ3) is 3.06. The fourth-order valence-electron chi connectivity index (χ4n) is 2.27. The Morgan fingerprint density at radius 1 is 1.44 bits per heavy atom. The summed E-state index contributed by atoms with van der Waals surface area (Å²) in [7, 11) is 0. The van der Waals surface area contributed by atoms with Crippen molar-refractivity contribution in [2.45, 2.75) is 32.7 Å². The van der Waals surface area contributed by atoms with Crippen molar-refractivity contribution >= 4 is 11.3 Å². The number of hydrogen-bond donors (Lipinski definition) is 1. The maximum atomic E-state index is 6.24. The van der Waals surface area contributed by atoms with Gasteiger partial charge in [-0.05, 0) is 50.9 Å². The first-order valence-electron chi connectivity index (χ1n) is 6.19. The van der Waals surface area contributed by atoms with Crippen molar-refractivity contribution in [3.05, 3.63) is 21.9 Å². The second-order valence-electron chi connectivity index (χ2n) is 5.04. The van der Waals surface area contributed by atoms with Crippen LogP contribution in [0.2, 0.25) is 0 Å². The molecule has 0 aliphatic carbocycles. The van der Waals surface area contributed by atoms with Gasteiger partial charge in [0, 0.05) is 16.3 Å². The molecular formula is C13H22N2S. The molecule has 1 saturated heterocycles. The van der Waals surface area contributed by atoms with Crippen LogP contribution < -0.4 is 5.73 Å². The summed E-state index contributed by atoms with van der Waals surface area (Å²) in [6.45, 7) is 7.95. The molecule has 1 unspecified atom stereocenters. The summed E-state index contributed by atoms with van der Waals surface area (Å²) in [5.41, 5.74) is 6.24. The average molecular weight is 238 g/mol. The van der Waals surface area contributed by atoms with Crippen LogP contribution in [0.5, 0.6) is 0 Å². The SMILES string of the molecule is Cc1ccc(C(N)CN2CCC(C)CC2)s1. The normalized spacial score (nSPS) is 21.2. The fourth-order valence-corrected chi connectivity index (χ4v) is 3.14. The molecule has 1 aliphatic heterocycles. The maximum absolute atomic E-state index is 6.24. The van der Waals surface area contributed by atoms with Crippen molar-refractivity contribution in [1.29, 1.82) is 0 Å². The van der Waals surface area contributed by atoms with E-state index in [0.29, 0.717) is 0 Å². The Balaban J connectivity index is 1.85. The van der Waals surface area contributed by atoms with Gasteiger partial charge in [-0.3, -0.25) is 0 Å². The summed E-state index contributed by atoms with van der Waals surface area (Å²) >= 11 is 1.83. The molecule has 0 aromatic carbocycles. The van der Waals surface area contributed by atoms with E-state index in [1.807, 2.05) is 11.3 Å². The third-order valence-electron chi connectivity index (χ3n) is 3.46. The van der Waals surface area contributed by atoms with Crippen LogP contribution in [-0.2, 0) is 0 Å². The van der Waals surface area contributed by atoms with Crippen LogP contribution >= 0.6 is 11.3 Å². The lowest BCUT2D eigenvalue weighted by Gasteiger charge is -2.31. The van der Waals surface area contributed by atoms with Crippen LogP contribution in [0.4, 0.5) is 0 Å². The topological polar surface area (TPSA) is 29.3 Å². The Hall–Kier alpha value is -0.380. The molecule has 1 aliphatic rings. The van der Waals surface area contributed by atoms with Crippen molar-refractivity contribution in [3.8, 4) is 0 Å². The molecule has 2 N–H and O–H groups in total. The first kappa shape index (κ1) is 12.1. The fraction of sp³-hybridized carbons (Fsp3) is 0.692. The van der Waals surface area contributed by atoms with E-state index in [4.69, 9.17) is 5.73 Å². The first-order valence-corrected chi connectivity index (χ1v) is 7.01. The number of thiophene rings is 1. The summed E-state index contributed by atoms with van der Waals surface area (Å²) < 4.78 is 0. The van der Waals surface area contributed by atoms with Crippen LogP contribution in [0.1, 0.15) is 35.6 Å². The molecule has 0 spiro atoms. The lowest BCUT2D eigenvalue weighted by Crippen LogP contribution is -2.37. The van der Waals surface area contributed by atoms with Gasteiger partial charge in [-0.25, -0.2) is 0 Å². The van der Waals surface area contributed by atoms with Crippen LogP contribution in [0.15, 0.2) is 12.1 Å². The minimum absolute atomic E-state index is 0.201. The summed E-state index contributed by atoms with van der Waals surface area (Å²) in [6.07, 6.45) is 2.66. The van der Waals surface area contributed by atoms with Gasteiger partial charge in [-0.1, -0.05) is 6.92 Å². The van der Waals surface area contributed by atoms with Crippen molar-refractivity contribution in [3.63, 3.8) is 0 Å². The van der Waals surface area contributed by atoms with E-state index in [-0.39, 0.29) is 6.04 Å². The van der Waals surface area contributed by atoms with E-state index < -0.39 is 0 Å². The molecule has 1 aromatic heterocycles. The van der Waals surface area contributed by atoms with Gasteiger partial charge in [-0.15, -0.1) is 11.3 Å². The minimum atomic E-state index is 0.201. The first-order chi connectivity index (χ1) is 7.65. The molecule has 16 heavy (non-hydrogen) atoms. The molecule has 0 radical (unpaired) electrons. The maximum Gasteiger partial charge on any atom is 0.0519 e.